The lowest BCUT2D eigenvalue weighted by Crippen LogP contribution is -2.06. The number of hydrogen-bond donors (Lipinski definition) is 1. The van der Waals surface area contributed by atoms with Crippen LogP contribution >= 0.6 is 11.8 Å². The van der Waals surface area contributed by atoms with Gasteiger partial charge in [0.05, 0.1) is 13.2 Å². The molecule has 0 saturated heterocycles. The van der Waals surface area contributed by atoms with Crippen molar-refractivity contribution in [1.82, 2.24) is 0 Å². The van der Waals surface area contributed by atoms with Gasteiger partial charge in [-0.15, -0.1) is 0 Å². The summed E-state index contributed by atoms with van der Waals surface area (Å²) in [5.74, 6) is 2.62. The van der Waals surface area contributed by atoms with Crippen LogP contribution < -0.4 is 4.74 Å². The summed E-state index contributed by atoms with van der Waals surface area (Å²) in [7, 11) is 1.66. The van der Waals surface area contributed by atoms with E-state index in [1.165, 1.54) is 0 Å². The SMILES string of the molecule is CCCSCC(O)c1c(C)cc(C)cc1OC. The van der Waals surface area contributed by atoms with Crippen LogP contribution in [0.25, 0.3) is 0 Å². The maximum atomic E-state index is 10.2. The van der Waals surface area contributed by atoms with Gasteiger partial charge >= 0.3 is 0 Å². The van der Waals surface area contributed by atoms with E-state index in [0.29, 0.717) is 0 Å². The minimum Gasteiger partial charge on any atom is -0.496 e. The van der Waals surface area contributed by atoms with Gasteiger partial charge in [0.15, 0.2) is 0 Å². The van der Waals surface area contributed by atoms with Crippen LogP contribution in [-0.4, -0.2) is 23.7 Å². The van der Waals surface area contributed by atoms with E-state index in [4.69, 9.17) is 4.74 Å². The maximum absolute atomic E-state index is 10.2. The van der Waals surface area contributed by atoms with Gasteiger partial charge in [-0.05, 0) is 43.2 Å². The van der Waals surface area contributed by atoms with E-state index in [2.05, 4.69) is 13.0 Å². The number of aliphatic hydroxyl groups excluding tert-OH is 1. The Morgan fingerprint density at radius 2 is 2.06 bits per heavy atom. The topological polar surface area (TPSA) is 29.5 Å². The molecule has 1 aromatic carbocycles. The zero-order chi connectivity index (χ0) is 12.8. The van der Waals surface area contributed by atoms with Crippen molar-refractivity contribution >= 4 is 11.8 Å². The number of rotatable bonds is 6. The van der Waals surface area contributed by atoms with Gasteiger partial charge < -0.3 is 9.84 Å². The summed E-state index contributed by atoms with van der Waals surface area (Å²) in [5, 5.41) is 10.2. The van der Waals surface area contributed by atoms with Gasteiger partial charge in [0.1, 0.15) is 5.75 Å². The van der Waals surface area contributed by atoms with Gasteiger partial charge in [-0.2, -0.15) is 11.8 Å². The third kappa shape index (κ3) is 3.93. The molecule has 0 aliphatic carbocycles. The molecule has 0 radical (unpaired) electrons. The number of hydrogen-bond acceptors (Lipinski definition) is 3. The van der Waals surface area contributed by atoms with Crippen molar-refractivity contribution in [2.45, 2.75) is 33.3 Å². The Bertz CT molecular complexity index is 363. The second-order valence-corrected chi connectivity index (χ2v) is 5.44. The van der Waals surface area contributed by atoms with Gasteiger partial charge in [-0.25, -0.2) is 0 Å². The second kappa shape index (κ2) is 6.92. The fourth-order valence-electron chi connectivity index (χ4n) is 1.96. The van der Waals surface area contributed by atoms with E-state index < -0.39 is 6.10 Å². The van der Waals surface area contributed by atoms with Gasteiger partial charge in [0.2, 0.25) is 0 Å². The van der Waals surface area contributed by atoms with E-state index in [9.17, 15) is 5.11 Å². The molecular weight excluding hydrogens is 232 g/mol. The van der Waals surface area contributed by atoms with Crippen molar-refractivity contribution in [2.24, 2.45) is 0 Å². The standard InChI is InChI=1S/C14H22O2S/c1-5-6-17-9-12(15)14-11(3)7-10(2)8-13(14)16-4/h7-8,12,15H,5-6,9H2,1-4H3. The quantitative estimate of drug-likeness (QED) is 0.788. The summed E-state index contributed by atoms with van der Waals surface area (Å²) in [4.78, 5) is 0. The van der Waals surface area contributed by atoms with E-state index >= 15 is 0 Å². The van der Waals surface area contributed by atoms with Crippen molar-refractivity contribution in [3.63, 3.8) is 0 Å². The predicted molar refractivity (Wildman–Crippen MR) is 75.0 cm³/mol. The largest absolute Gasteiger partial charge is 0.496 e. The highest BCUT2D eigenvalue weighted by Gasteiger charge is 2.16. The average molecular weight is 254 g/mol. The van der Waals surface area contributed by atoms with Crippen LogP contribution in [0.5, 0.6) is 5.75 Å². The molecule has 0 bridgehead atoms. The lowest BCUT2D eigenvalue weighted by Gasteiger charge is -2.18. The van der Waals surface area contributed by atoms with Crippen LogP contribution in [0, 0.1) is 13.8 Å². The summed E-state index contributed by atoms with van der Waals surface area (Å²) in [6, 6.07) is 4.07. The molecule has 2 nitrogen and oxygen atoms in total. The molecule has 17 heavy (non-hydrogen) atoms. The summed E-state index contributed by atoms with van der Waals surface area (Å²) in [6.07, 6.45) is 0.698. The van der Waals surface area contributed by atoms with E-state index in [1.54, 1.807) is 18.9 Å². The molecule has 1 atom stereocenters. The lowest BCUT2D eigenvalue weighted by atomic mass is 10.0. The molecule has 0 spiro atoms. The molecule has 0 amide bonds. The highest BCUT2D eigenvalue weighted by molar-refractivity contribution is 7.99. The number of aryl methyl sites for hydroxylation is 2. The fraction of sp³-hybridized carbons (Fsp3) is 0.571. The van der Waals surface area contributed by atoms with E-state index in [-0.39, 0.29) is 0 Å². The number of thioether (sulfide) groups is 1. The van der Waals surface area contributed by atoms with Crippen molar-refractivity contribution in [1.29, 1.82) is 0 Å². The van der Waals surface area contributed by atoms with Crippen molar-refractivity contribution in [3.05, 3.63) is 28.8 Å². The molecule has 0 heterocycles. The molecule has 0 saturated carbocycles. The molecule has 1 rings (SSSR count). The van der Waals surface area contributed by atoms with Gasteiger partial charge in [0.25, 0.3) is 0 Å². The summed E-state index contributed by atoms with van der Waals surface area (Å²) in [6.45, 7) is 6.22. The molecule has 1 unspecified atom stereocenters. The molecule has 1 aromatic rings. The first kappa shape index (κ1) is 14.4. The first-order valence-electron chi connectivity index (χ1n) is 6.01. The highest BCUT2D eigenvalue weighted by Crippen LogP contribution is 2.31. The maximum Gasteiger partial charge on any atom is 0.125 e. The first-order chi connectivity index (χ1) is 8.10. The average Bonchev–Trinajstić information content (AvgIpc) is 2.27. The summed E-state index contributed by atoms with van der Waals surface area (Å²) in [5.41, 5.74) is 3.20. The van der Waals surface area contributed by atoms with Crippen LogP contribution in [0.2, 0.25) is 0 Å². The molecule has 0 fully saturated rings. The Morgan fingerprint density at radius 3 is 2.65 bits per heavy atom. The molecule has 96 valence electrons. The molecular formula is C14H22O2S. The Kier molecular flexibility index (Phi) is 5.86. The smallest absolute Gasteiger partial charge is 0.125 e. The number of benzene rings is 1. The van der Waals surface area contributed by atoms with Crippen molar-refractivity contribution < 1.29 is 9.84 Å². The lowest BCUT2D eigenvalue weighted by molar-refractivity contribution is 0.198. The minimum atomic E-state index is -0.443. The van der Waals surface area contributed by atoms with Gasteiger partial charge in [-0.1, -0.05) is 13.0 Å². The monoisotopic (exact) mass is 254 g/mol. The number of methoxy groups -OCH3 is 1. The summed E-state index contributed by atoms with van der Waals surface area (Å²) >= 11 is 1.78. The third-order valence-corrected chi connectivity index (χ3v) is 3.92. The van der Waals surface area contributed by atoms with Crippen LogP contribution in [0.4, 0.5) is 0 Å². The first-order valence-corrected chi connectivity index (χ1v) is 7.16. The number of aliphatic hydroxyl groups is 1. The van der Waals surface area contributed by atoms with Crippen LogP contribution in [0.1, 0.15) is 36.1 Å². The Balaban J connectivity index is 2.87. The molecule has 0 aliphatic heterocycles. The Labute approximate surface area is 108 Å². The van der Waals surface area contributed by atoms with E-state index in [0.717, 1.165) is 40.4 Å². The molecule has 3 heteroatoms. The van der Waals surface area contributed by atoms with Crippen molar-refractivity contribution in [3.8, 4) is 5.75 Å². The normalized spacial score (nSPS) is 12.5. The minimum absolute atomic E-state index is 0.443. The molecule has 1 N–H and O–H groups in total. The number of ether oxygens (including phenoxy) is 1. The van der Waals surface area contributed by atoms with Gasteiger partial charge in [-0.3, -0.25) is 0 Å². The zero-order valence-electron chi connectivity index (χ0n) is 11.1. The Hall–Kier alpha value is -0.670. The van der Waals surface area contributed by atoms with Gasteiger partial charge in [0, 0.05) is 11.3 Å². The van der Waals surface area contributed by atoms with Crippen LogP contribution in [0.3, 0.4) is 0 Å². The fourth-order valence-corrected chi connectivity index (χ4v) is 2.80. The second-order valence-electron chi connectivity index (χ2n) is 4.29. The zero-order valence-corrected chi connectivity index (χ0v) is 11.9. The molecule has 0 aromatic heterocycles. The highest BCUT2D eigenvalue weighted by atomic mass is 32.2. The molecule has 0 aliphatic rings. The van der Waals surface area contributed by atoms with E-state index in [1.807, 2.05) is 19.9 Å². The van der Waals surface area contributed by atoms with Crippen LogP contribution in [-0.2, 0) is 0 Å². The summed E-state index contributed by atoms with van der Waals surface area (Å²) < 4.78 is 5.37. The third-order valence-electron chi connectivity index (χ3n) is 2.67. The Morgan fingerprint density at radius 1 is 1.35 bits per heavy atom. The van der Waals surface area contributed by atoms with Crippen LogP contribution in [0.15, 0.2) is 12.1 Å². The van der Waals surface area contributed by atoms with Crippen molar-refractivity contribution in [2.75, 3.05) is 18.6 Å². The predicted octanol–water partition coefficient (Wildman–Crippen LogP) is 3.49.